The predicted octanol–water partition coefficient (Wildman–Crippen LogP) is 4.43. The summed E-state index contributed by atoms with van der Waals surface area (Å²) in [7, 11) is 0. The number of aromatic nitrogens is 2. The van der Waals surface area contributed by atoms with Gasteiger partial charge < -0.3 is 19.4 Å². The molecule has 0 saturated carbocycles. The first kappa shape index (κ1) is 18.0. The molecule has 1 N–H and O–H groups in total. The SMILES string of the molecule is Cc1nc2c(OC3CCOc4cc(F)ccc43)cc(N3CCCCC3=O)cc2[nH]1. The van der Waals surface area contributed by atoms with E-state index in [4.69, 9.17) is 9.47 Å². The number of ether oxygens (including phenoxy) is 2. The van der Waals surface area contributed by atoms with Gasteiger partial charge in [0.1, 0.15) is 34.8 Å². The van der Waals surface area contributed by atoms with Crippen LogP contribution in [0.2, 0.25) is 0 Å². The maximum Gasteiger partial charge on any atom is 0.226 e. The second-order valence-electron chi connectivity index (χ2n) is 7.59. The Hall–Kier alpha value is -3.09. The van der Waals surface area contributed by atoms with Crippen LogP contribution in [0.3, 0.4) is 0 Å². The van der Waals surface area contributed by atoms with Gasteiger partial charge in [-0.3, -0.25) is 4.79 Å². The van der Waals surface area contributed by atoms with Crippen LogP contribution >= 0.6 is 0 Å². The molecule has 29 heavy (non-hydrogen) atoms. The van der Waals surface area contributed by atoms with Gasteiger partial charge in [0, 0.05) is 42.8 Å². The van der Waals surface area contributed by atoms with Crippen LogP contribution in [-0.4, -0.2) is 29.0 Å². The van der Waals surface area contributed by atoms with Crippen molar-refractivity contribution in [2.24, 2.45) is 0 Å². The van der Waals surface area contributed by atoms with Crippen LogP contribution in [-0.2, 0) is 4.79 Å². The average molecular weight is 395 g/mol. The number of aromatic amines is 1. The molecule has 0 aliphatic carbocycles. The van der Waals surface area contributed by atoms with Gasteiger partial charge in [-0.15, -0.1) is 0 Å². The highest BCUT2D eigenvalue weighted by Gasteiger charge is 2.26. The fraction of sp³-hybridized carbons (Fsp3) is 0.364. The van der Waals surface area contributed by atoms with E-state index in [2.05, 4.69) is 9.97 Å². The van der Waals surface area contributed by atoms with E-state index < -0.39 is 0 Å². The highest BCUT2D eigenvalue weighted by molar-refractivity contribution is 5.97. The number of carbonyl (C=O) groups excluding carboxylic acids is 1. The standard InChI is InChI=1S/C22H22FN3O3/c1-13-24-17-11-15(26-8-3-2-4-21(26)27)12-20(22(17)25-13)29-18-7-9-28-19-10-14(23)5-6-16(18)19/h5-6,10-12,18H,2-4,7-9H2,1H3,(H,24,25). The first-order valence-electron chi connectivity index (χ1n) is 9.98. The lowest BCUT2D eigenvalue weighted by atomic mass is 10.0. The summed E-state index contributed by atoms with van der Waals surface area (Å²) < 4.78 is 25.6. The Morgan fingerprint density at radius 1 is 1.28 bits per heavy atom. The number of hydrogen-bond donors (Lipinski definition) is 1. The summed E-state index contributed by atoms with van der Waals surface area (Å²) in [5, 5.41) is 0. The van der Waals surface area contributed by atoms with Gasteiger partial charge >= 0.3 is 0 Å². The predicted molar refractivity (Wildman–Crippen MR) is 107 cm³/mol. The zero-order valence-electron chi connectivity index (χ0n) is 16.2. The summed E-state index contributed by atoms with van der Waals surface area (Å²) in [4.78, 5) is 22.1. The molecule has 6 nitrogen and oxygen atoms in total. The van der Waals surface area contributed by atoms with E-state index >= 15 is 0 Å². The molecule has 0 bridgehead atoms. The van der Waals surface area contributed by atoms with Crippen molar-refractivity contribution in [2.45, 2.75) is 38.7 Å². The Morgan fingerprint density at radius 3 is 3.03 bits per heavy atom. The van der Waals surface area contributed by atoms with Gasteiger partial charge in [-0.05, 0) is 38.0 Å². The van der Waals surface area contributed by atoms with Crippen LogP contribution in [0.15, 0.2) is 30.3 Å². The number of halogens is 1. The molecule has 1 atom stereocenters. The van der Waals surface area contributed by atoms with Crippen molar-refractivity contribution in [3.8, 4) is 11.5 Å². The minimum atomic E-state index is -0.333. The summed E-state index contributed by atoms with van der Waals surface area (Å²) in [5.41, 5.74) is 3.19. The summed E-state index contributed by atoms with van der Waals surface area (Å²) in [6.45, 7) is 3.05. The van der Waals surface area contributed by atoms with E-state index in [9.17, 15) is 9.18 Å². The molecule has 1 fully saturated rings. The number of nitrogens with zero attached hydrogens (tertiary/aromatic N) is 2. The number of benzene rings is 2. The molecule has 0 spiro atoms. The Morgan fingerprint density at radius 2 is 2.17 bits per heavy atom. The van der Waals surface area contributed by atoms with Crippen molar-refractivity contribution in [3.63, 3.8) is 0 Å². The molecule has 1 amide bonds. The van der Waals surface area contributed by atoms with E-state index in [1.54, 1.807) is 6.07 Å². The number of amides is 1. The number of nitrogens with one attached hydrogen (secondary N) is 1. The van der Waals surface area contributed by atoms with E-state index in [1.807, 2.05) is 24.0 Å². The maximum absolute atomic E-state index is 13.6. The second kappa shape index (κ2) is 7.06. The number of hydrogen-bond acceptors (Lipinski definition) is 4. The zero-order valence-corrected chi connectivity index (χ0v) is 16.2. The molecule has 2 aliphatic heterocycles. The third kappa shape index (κ3) is 3.30. The molecular weight excluding hydrogens is 373 g/mol. The van der Waals surface area contributed by atoms with E-state index in [1.165, 1.54) is 12.1 Å². The van der Waals surface area contributed by atoms with E-state index in [0.29, 0.717) is 37.5 Å². The van der Waals surface area contributed by atoms with Crippen LogP contribution in [0.5, 0.6) is 11.5 Å². The Bertz CT molecular complexity index is 1090. The summed E-state index contributed by atoms with van der Waals surface area (Å²) in [5.74, 6) is 1.70. The van der Waals surface area contributed by atoms with Gasteiger partial charge in [-0.2, -0.15) is 0 Å². The van der Waals surface area contributed by atoms with E-state index in [0.717, 1.165) is 41.0 Å². The fourth-order valence-electron chi connectivity index (χ4n) is 4.13. The number of H-pyrrole nitrogens is 1. The summed E-state index contributed by atoms with van der Waals surface area (Å²) in [6, 6.07) is 8.37. The third-order valence-electron chi connectivity index (χ3n) is 5.52. The first-order chi connectivity index (χ1) is 14.1. The number of anilines is 1. The molecule has 1 aromatic heterocycles. The molecule has 2 aromatic carbocycles. The zero-order chi connectivity index (χ0) is 20.0. The monoisotopic (exact) mass is 395 g/mol. The lowest BCUT2D eigenvalue weighted by molar-refractivity contribution is -0.119. The average Bonchev–Trinajstić information content (AvgIpc) is 3.08. The van der Waals surface area contributed by atoms with Crippen molar-refractivity contribution in [3.05, 3.63) is 47.5 Å². The number of piperidine rings is 1. The minimum absolute atomic E-state index is 0.129. The van der Waals surface area contributed by atoms with Crippen molar-refractivity contribution in [2.75, 3.05) is 18.1 Å². The van der Waals surface area contributed by atoms with Crippen LogP contribution in [0.4, 0.5) is 10.1 Å². The van der Waals surface area contributed by atoms with Gasteiger partial charge in [0.25, 0.3) is 0 Å². The van der Waals surface area contributed by atoms with Crippen molar-refractivity contribution in [1.29, 1.82) is 0 Å². The number of aryl methyl sites for hydroxylation is 1. The molecule has 1 unspecified atom stereocenters. The fourth-order valence-corrected chi connectivity index (χ4v) is 4.13. The third-order valence-corrected chi connectivity index (χ3v) is 5.52. The van der Waals surface area contributed by atoms with Gasteiger partial charge in [-0.1, -0.05) is 0 Å². The number of carbonyl (C=O) groups is 1. The lowest BCUT2D eigenvalue weighted by Gasteiger charge is -2.29. The summed E-state index contributed by atoms with van der Waals surface area (Å²) >= 11 is 0. The number of rotatable bonds is 3. The molecule has 3 heterocycles. The molecule has 5 rings (SSSR count). The van der Waals surface area contributed by atoms with Crippen molar-refractivity contribution >= 4 is 22.6 Å². The van der Waals surface area contributed by atoms with Gasteiger partial charge in [0.05, 0.1) is 12.1 Å². The molecule has 150 valence electrons. The highest BCUT2D eigenvalue weighted by Crippen LogP contribution is 2.39. The topological polar surface area (TPSA) is 67.5 Å². The lowest BCUT2D eigenvalue weighted by Crippen LogP contribution is -2.35. The highest BCUT2D eigenvalue weighted by atomic mass is 19.1. The van der Waals surface area contributed by atoms with Crippen molar-refractivity contribution in [1.82, 2.24) is 9.97 Å². The van der Waals surface area contributed by atoms with Gasteiger partial charge in [0.15, 0.2) is 0 Å². The Kier molecular flexibility index (Phi) is 4.38. The van der Waals surface area contributed by atoms with Crippen LogP contribution in [0.25, 0.3) is 11.0 Å². The van der Waals surface area contributed by atoms with Crippen LogP contribution in [0, 0.1) is 12.7 Å². The minimum Gasteiger partial charge on any atom is -0.493 e. The molecular formula is C22H22FN3O3. The second-order valence-corrected chi connectivity index (χ2v) is 7.59. The van der Waals surface area contributed by atoms with Gasteiger partial charge in [0.2, 0.25) is 5.91 Å². The number of imidazole rings is 1. The molecule has 0 radical (unpaired) electrons. The number of fused-ring (bicyclic) bond motifs is 2. The molecule has 1 saturated heterocycles. The quantitative estimate of drug-likeness (QED) is 0.712. The normalized spacial score (nSPS) is 19.2. The van der Waals surface area contributed by atoms with E-state index in [-0.39, 0.29) is 17.8 Å². The van der Waals surface area contributed by atoms with Crippen LogP contribution in [0.1, 0.15) is 43.2 Å². The molecule has 2 aliphatic rings. The smallest absolute Gasteiger partial charge is 0.226 e. The summed E-state index contributed by atoms with van der Waals surface area (Å²) in [6.07, 6.45) is 2.86. The largest absolute Gasteiger partial charge is 0.493 e. The first-order valence-corrected chi connectivity index (χ1v) is 9.98. The Labute approximate surface area is 167 Å². The molecule has 7 heteroatoms. The maximum atomic E-state index is 13.6. The van der Waals surface area contributed by atoms with Crippen LogP contribution < -0.4 is 14.4 Å². The van der Waals surface area contributed by atoms with Crippen molar-refractivity contribution < 1.29 is 18.7 Å². The Balaban J connectivity index is 1.55. The van der Waals surface area contributed by atoms with Gasteiger partial charge in [-0.25, -0.2) is 9.37 Å². The molecule has 3 aromatic rings.